The van der Waals surface area contributed by atoms with Crippen LogP contribution in [0.1, 0.15) is 51.5 Å². The van der Waals surface area contributed by atoms with Crippen LogP contribution in [0.25, 0.3) is 0 Å². The van der Waals surface area contributed by atoms with E-state index >= 15 is 0 Å². The van der Waals surface area contributed by atoms with Gasteiger partial charge in [-0.25, -0.2) is 0 Å². The Morgan fingerprint density at radius 3 is 2.43 bits per heavy atom. The molecule has 0 heterocycles. The van der Waals surface area contributed by atoms with E-state index in [0.29, 0.717) is 23.7 Å². The molecule has 0 unspecified atom stereocenters. The number of hydrogen-bond acceptors (Lipinski definition) is 3. The fourth-order valence-electron chi connectivity index (χ4n) is 2.66. The molecule has 0 aromatic heterocycles. The second kappa shape index (κ2) is 7.47. The van der Waals surface area contributed by atoms with Gasteiger partial charge in [-0.05, 0) is 55.4 Å². The number of nitrogens with zero attached hydrogens (tertiary/aromatic N) is 1. The maximum atomic E-state index is 8.72. The molecule has 1 aliphatic rings. The fourth-order valence-corrected chi connectivity index (χ4v) is 2.66. The van der Waals surface area contributed by atoms with Crippen LogP contribution in [-0.4, -0.2) is 19.3 Å². The average Bonchev–Trinajstić information content (AvgIpc) is 2.49. The fraction of sp³-hybridized carbons (Fsp3) is 0.611. The van der Waals surface area contributed by atoms with Crippen LogP contribution in [-0.2, 0) is 4.74 Å². The number of rotatable bonds is 6. The van der Waals surface area contributed by atoms with Gasteiger partial charge in [-0.15, -0.1) is 0 Å². The van der Waals surface area contributed by atoms with Gasteiger partial charge in [0.25, 0.3) is 0 Å². The molecule has 0 radical (unpaired) electrons. The quantitative estimate of drug-likeness (QED) is 0.732. The first-order valence-corrected chi connectivity index (χ1v) is 7.84. The summed E-state index contributed by atoms with van der Waals surface area (Å²) in [4.78, 5) is 0. The third-order valence-corrected chi connectivity index (χ3v) is 4.18. The van der Waals surface area contributed by atoms with Crippen molar-refractivity contribution in [2.45, 2.75) is 52.1 Å². The van der Waals surface area contributed by atoms with Crippen LogP contribution in [0.2, 0.25) is 0 Å². The lowest BCUT2D eigenvalue weighted by molar-refractivity contribution is 0.000111. The van der Waals surface area contributed by atoms with Crippen LogP contribution in [0, 0.1) is 16.7 Å². The first-order valence-electron chi connectivity index (χ1n) is 7.84. The van der Waals surface area contributed by atoms with E-state index in [1.54, 1.807) is 12.1 Å². The van der Waals surface area contributed by atoms with Gasteiger partial charge < -0.3 is 9.47 Å². The Labute approximate surface area is 127 Å². The van der Waals surface area contributed by atoms with Crippen LogP contribution in [0.4, 0.5) is 0 Å². The highest BCUT2D eigenvalue weighted by Crippen LogP contribution is 2.36. The van der Waals surface area contributed by atoms with E-state index in [0.717, 1.165) is 18.8 Å². The normalized spacial score (nSPS) is 18.1. The number of benzene rings is 1. The molecule has 0 spiro atoms. The van der Waals surface area contributed by atoms with Crippen molar-refractivity contribution in [2.75, 3.05) is 13.2 Å². The topological polar surface area (TPSA) is 42.2 Å². The first-order chi connectivity index (χ1) is 10.1. The summed E-state index contributed by atoms with van der Waals surface area (Å²) in [5, 5.41) is 8.72. The molecular weight excluding hydrogens is 262 g/mol. The monoisotopic (exact) mass is 287 g/mol. The molecule has 1 fully saturated rings. The Kier molecular flexibility index (Phi) is 5.64. The molecule has 0 atom stereocenters. The van der Waals surface area contributed by atoms with Crippen molar-refractivity contribution < 1.29 is 9.47 Å². The molecule has 0 saturated heterocycles. The van der Waals surface area contributed by atoms with Crippen molar-refractivity contribution in [3.63, 3.8) is 0 Å². The maximum absolute atomic E-state index is 8.72. The lowest BCUT2D eigenvalue weighted by Crippen LogP contribution is -2.26. The number of hydrogen-bond donors (Lipinski definition) is 0. The van der Waals surface area contributed by atoms with E-state index < -0.39 is 0 Å². The van der Waals surface area contributed by atoms with E-state index in [2.05, 4.69) is 19.9 Å². The Morgan fingerprint density at radius 2 is 1.81 bits per heavy atom. The first kappa shape index (κ1) is 15.9. The molecule has 0 aliphatic heterocycles. The zero-order chi connectivity index (χ0) is 15.1. The molecule has 21 heavy (non-hydrogen) atoms. The van der Waals surface area contributed by atoms with Crippen molar-refractivity contribution in [2.24, 2.45) is 5.41 Å². The van der Waals surface area contributed by atoms with Gasteiger partial charge in [0.05, 0.1) is 31.0 Å². The van der Waals surface area contributed by atoms with Crippen LogP contribution < -0.4 is 4.74 Å². The van der Waals surface area contributed by atoms with Gasteiger partial charge in [-0.3, -0.25) is 0 Å². The van der Waals surface area contributed by atoms with Gasteiger partial charge in [0.1, 0.15) is 5.75 Å². The minimum Gasteiger partial charge on any atom is -0.494 e. The van der Waals surface area contributed by atoms with Crippen LogP contribution in [0.15, 0.2) is 24.3 Å². The molecule has 3 nitrogen and oxygen atoms in total. The highest BCUT2D eigenvalue weighted by molar-refractivity contribution is 5.34. The molecule has 0 bridgehead atoms. The molecule has 2 rings (SSSR count). The number of ether oxygens (including phenoxy) is 2. The summed E-state index contributed by atoms with van der Waals surface area (Å²) in [7, 11) is 0. The van der Waals surface area contributed by atoms with Crippen molar-refractivity contribution >= 4 is 0 Å². The Morgan fingerprint density at radius 1 is 1.14 bits per heavy atom. The lowest BCUT2D eigenvalue weighted by atomic mass is 9.76. The van der Waals surface area contributed by atoms with E-state index in [1.807, 2.05) is 12.1 Å². The summed E-state index contributed by atoms with van der Waals surface area (Å²) in [6.07, 6.45) is 6.24. The zero-order valence-corrected chi connectivity index (χ0v) is 13.1. The minimum absolute atomic E-state index is 0.438. The molecule has 1 aromatic carbocycles. The van der Waals surface area contributed by atoms with Gasteiger partial charge in [0.2, 0.25) is 0 Å². The van der Waals surface area contributed by atoms with E-state index in [-0.39, 0.29) is 0 Å². The molecule has 1 saturated carbocycles. The van der Waals surface area contributed by atoms with Crippen LogP contribution in [0.5, 0.6) is 5.75 Å². The zero-order valence-electron chi connectivity index (χ0n) is 13.1. The van der Waals surface area contributed by atoms with Gasteiger partial charge >= 0.3 is 0 Å². The summed E-state index contributed by atoms with van der Waals surface area (Å²) >= 11 is 0. The average molecular weight is 287 g/mol. The third kappa shape index (κ3) is 5.40. The molecular formula is C18H25NO2. The predicted molar refractivity (Wildman–Crippen MR) is 83.3 cm³/mol. The van der Waals surface area contributed by atoms with E-state index in [1.165, 1.54) is 25.7 Å². The second-order valence-electron chi connectivity index (χ2n) is 6.57. The van der Waals surface area contributed by atoms with Crippen molar-refractivity contribution in [3.05, 3.63) is 29.8 Å². The highest BCUT2D eigenvalue weighted by atomic mass is 16.5. The van der Waals surface area contributed by atoms with Crippen molar-refractivity contribution in [1.29, 1.82) is 5.26 Å². The minimum atomic E-state index is 0.438. The largest absolute Gasteiger partial charge is 0.494 e. The lowest BCUT2D eigenvalue weighted by Gasteiger charge is -2.34. The maximum Gasteiger partial charge on any atom is 0.119 e. The van der Waals surface area contributed by atoms with E-state index in [9.17, 15) is 0 Å². The standard InChI is InChI=1S/C18H25NO2/c1-18(2)10-8-17(9-11-18)21-13-3-12-20-16-6-4-15(14-19)5-7-16/h4-7,17H,3,8-13H2,1-2H3. The predicted octanol–water partition coefficient (Wildman–Crippen LogP) is 4.31. The summed E-state index contributed by atoms with van der Waals surface area (Å²) in [6, 6.07) is 9.32. The summed E-state index contributed by atoms with van der Waals surface area (Å²) in [5.41, 5.74) is 1.16. The number of nitriles is 1. The van der Waals surface area contributed by atoms with Crippen LogP contribution in [0.3, 0.4) is 0 Å². The summed E-state index contributed by atoms with van der Waals surface area (Å²) in [6.45, 7) is 6.11. The molecule has 3 heteroatoms. The Bertz CT molecular complexity index is 463. The SMILES string of the molecule is CC1(C)CCC(OCCCOc2ccc(C#N)cc2)CC1. The van der Waals surface area contributed by atoms with Gasteiger partial charge in [-0.2, -0.15) is 5.26 Å². The smallest absolute Gasteiger partial charge is 0.119 e. The molecule has 0 amide bonds. The van der Waals surface area contributed by atoms with E-state index in [4.69, 9.17) is 14.7 Å². The van der Waals surface area contributed by atoms with Gasteiger partial charge in [0.15, 0.2) is 0 Å². The third-order valence-electron chi connectivity index (χ3n) is 4.18. The summed E-state index contributed by atoms with van der Waals surface area (Å²) in [5.74, 6) is 0.813. The highest BCUT2D eigenvalue weighted by Gasteiger charge is 2.26. The van der Waals surface area contributed by atoms with Gasteiger partial charge in [0, 0.05) is 6.42 Å². The molecule has 1 aliphatic carbocycles. The molecule has 114 valence electrons. The summed E-state index contributed by atoms with van der Waals surface area (Å²) < 4.78 is 11.6. The van der Waals surface area contributed by atoms with Gasteiger partial charge in [-0.1, -0.05) is 13.8 Å². The second-order valence-corrected chi connectivity index (χ2v) is 6.57. The Balaban J connectivity index is 1.57. The Hall–Kier alpha value is -1.53. The molecule has 1 aromatic rings. The van der Waals surface area contributed by atoms with Crippen molar-refractivity contribution in [1.82, 2.24) is 0 Å². The van der Waals surface area contributed by atoms with Crippen molar-refractivity contribution in [3.8, 4) is 11.8 Å². The van der Waals surface area contributed by atoms with Crippen LogP contribution >= 0.6 is 0 Å². The molecule has 0 N–H and O–H groups in total.